The number of rotatable bonds is 8. The monoisotopic (exact) mass is 532 g/mol. The van der Waals surface area contributed by atoms with E-state index in [2.05, 4.69) is 45.5 Å². The van der Waals surface area contributed by atoms with Gasteiger partial charge in [0.15, 0.2) is 11.6 Å². The van der Waals surface area contributed by atoms with Crippen LogP contribution in [0.4, 0.5) is 11.9 Å². The first-order valence-electron chi connectivity index (χ1n) is 12.4. The fourth-order valence-corrected chi connectivity index (χ4v) is 3.50. The molecular weight excluding hydrogens is 504 g/mol. The normalized spacial score (nSPS) is 14.2. The van der Waals surface area contributed by atoms with Crippen LogP contribution in [0.1, 0.15) is 57.5 Å². The molecule has 4 heterocycles. The van der Waals surface area contributed by atoms with Crippen molar-refractivity contribution in [1.82, 2.24) is 39.5 Å². The third kappa shape index (κ3) is 6.34. The first-order valence-corrected chi connectivity index (χ1v) is 12.4. The standard InChI is InChI=1S/C13H15N5O2.C12H13N5O2/c1-8-5-14-13(16-10-3-4-10)17-11(8)18-7-9(6-15-18)12(19)20-2;1-7-4-13-12(15-9-2-3-9)16-10(7)17-6-8(5-14-17)11(18)19/h5-7,10H,3-4H2,1-2H3,(H,14,16,17);4-6,9H,2-3H2,1H3,(H,18,19)(H,13,15,16). The Morgan fingerprint density at radius 1 is 0.821 bits per heavy atom. The zero-order chi connectivity index (χ0) is 27.5. The number of esters is 1. The Morgan fingerprint density at radius 2 is 1.28 bits per heavy atom. The highest BCUT2D eigenvalue weighted by atomic mass is 16.5. The van der Waals surface area contributed by atoms with Crippen molar-refractivity contribution in [2.24, 2.45) is 0 Å². The van der Waals surface area contributed by atoms with E-state index in [1.54, 1.807) is 23.3 Å². The molecule has 0 aromatic carbocycles. The maximum Gasteiger partial charge on any atom is 0.341 e. The molecule has 4 aromatic heterocycles. The number of anilines is 2. The minimum absolute atomic E-state index is 0.134. The molecule has 0 amide bonds. The predicted molar refractivity (Wildman–Crippen MR) is 139 cm³/mol. The lowest BCUT2D eigenvalue weighted by atomic mass is 10.3. The Balaban J connectivity index is 0.000000158. The fourth-order valence-electron chi connectivity index (χ4n) is 3.50. The number of hydrogen-bond acceptors (Lipinski definition) is 11. The van der Waals surface area contributed by atoms with Gasteiger partial charge in [-0.15, -0.1) is 0 Å². The van der Waals surface area contributed by atoms with Gasteiger partial charge in [-0.2, -0.15) is 20.2 Å². The van der Waals surface area contributed by atoms with E-state index in [1.807, 2.05) is 13.8 Å². The number of carbonyl (C=O) groups excluding carboxylic acids is 1. The topological polar surface area (TPSA) is 175 Å². The third-order valence-electron chi connectivity index (χ3n) is 5.98. The highest BCUT2D eigenvalue weighted by Gasteiger charge is 2.23. The van der Waals surface area contributed by atoms with Gasteiger partial charge in [-0.05, 0) is 39.5 Å². The summed E-state index contributed by atoms with van der Waals surface area (Å²) in [6, 6.07) is 0.941. The van der Waals surface area contributed by atoms with Gasteiger partial charge < -0.3 is 20.5 Å². The van der Waals surface area contributed by atoms with Crippen LogP contribution in [0.3, 0.4) is 0 Å². The number of carbonyl (C=O) groups is 2. The van der Waals surface area contributed by atoms with Gasteiger partial charge in [-0.25, -0.2) is 28.9 Å². The average molecular weight is 533 g/mol. The number of aryl methyl sites for hydroxylation is 2. The number of ether oxygens (including phenoxy) is 1. The molecule has 14 heteroatoms. The summed E-state index contributed by atoms with van der Waals surface area (Å²) in [5.41, 5.74) is 2.24. The molecule has 2 saturated carbocycles. The molecule has 0 spiro atoms. The van der Waals surface area contributed by atoms with E-state index in [4.69, 9.17) is 5.11 Å². The van der Waals surface area contributed by atoms with E-state index >= 15 is 0 Å². The lowest BCUT2D eigenvalue weighted by molar-refractivity contribution is 0.0599. The van der Waals surface area contributed by atoms with Crippen LogP contribution in [0.5, 0.6) is 0 Å². The summed E-state index contributed by atoms with van der Waals surface area (Å²) in [4.78, 5) is 39.6. The average Bonchev–Trinajstić information content (AvgIpc) is 3.82. The van der Waals surface area contributed by atoms with E-state index in [1.165, 1.54) is 30.4 Å². The molecule has 2 aliphatic carbocycles. The number of aromatic carboxylic acids is 1. The Kier molecular flexibility index (Phi) is 7.17. The van der Waals surface area contributed by atoms with Crippen LogP contribution in [0.25, 0.3) is 11.6 Å². The van der Waals surface area contributed by atoms with Crippen LogP contribution in [0.15, 0.2) is 37.2 Å². The molecule has 2 aliphatic rings. The molecule has 0 aliphatic heterocycles. The molecule has 0 saturated heterocycles. The summed E-state index contributed by atoms with van der Waals surface area (Å²) < 4.78 is 7.68. The molecule has 2 fully saturated rings. The van der Waals surface area contributed by atoms with Crippen molar-refractivity contribution in [2.75, 3.05) is 17.7 Å². The van der Waals surface area contributed by atoms with Crippen LogP contribution in [-0.2, 0) is 4.74 Å². The van der Waals surface area contributed by atoms with E-state index in [0.29, 0.717) is 41.2 Å². The minimum atomic E-state index is -1.01. The molecule has 39 heavy (non-hydrogen) atoms. The maximum absolute atomic E-state index is 11.4. The molecule has 0 radical (unpaired) electrons. The van der Waals surface area contributed by atoms with E-state index in [-0.39, 0.29) is 5.56 Å². The van der Waals surface area contributed by atoms with Crippen molar-refractivity contribution >= 4 is 23.8 Å². The summed E-state index contributed by atoms with van der Waals surface area (Å²) in [5.74, 6) is 0.955. The second-order valence-electron chi connectivity index (χ2n) is 9.38. The lowest BCUT2D eigenvalue weighted by Gasteiger charge is -2.07. The summed E-state index contributed by atoms with van der Waals surface area (Å²) in [5, 5.41) is 23.5. The number of nitrogens with zero attached hydrogens (tertiary/aromatic N) is 8. The van der Waals surface area contributed by atoms with Gasteiger partial charge in [0.2, 0.25) is 11.9 Å². The number of methoxy groups -OCH3 is 1. The van der Waals surface area contributed by atoms with Crippen molar-refractivity contribution in [3.8, 4) is 11.6 Å². The first kappa shape index (κ1) is 25.8. The molecule has 0 unspecified atom stereocenters. The van der Waals surface area contributed by atoms with Crippen LogP contribution in [0.2, 0.25) is 0 Å². The molecular formula is C25H28N10O4. The Morgan fingerprint density at radius 3 is 1.69 bits per heavy atom. The SMILES string of the molecule is COC(=O)c1cnn(-c2nc(NC3CC3)ncc2C)c1.Cc1cnc(NC2CC2)nc1-n1cc(C(=O)O)cn1. The van der Waals surface area contributed by atoms with Gasteiger partial charge in [0.25, 0.3) is 0 Å². The van der Waals surface area contributed by atoms with Gasteiger partial charge in [0.1, 0.15) is 0 Å². The second-order valence-corrected chi connectivity index (χ2v) is 9.38. The van der Waals surface area contributed by atoms with Crippen molar-refractivity contribution in [1.29, 1.82) is 0 Å². The number of nitrogens with one attached hydrogen (secondary N) is 2. The minimum Gasteiger partial charge on any atom is -0.478 e. The number of carboxylic acid groups (broad SMARTS) is 1. The largest absolute Gasteiger partial charge is 0.478 e. The van der Waals surface area contributed by atoms with Crippen LogP contribution in [-0.4, -0.2) is 75.7 Å². The van der Waals surface area contributed by atoms with Gasteiger partial charge in [-0.3, -0.25) is 0 Å². The predicted octanol–water partition coefficient (Wildman–Crippen LogP) is 2.57. The summed E-state index contributed by atoms with van der Waals surface area (Å²) in [6.07, 6.45) is 13.8. The Bertz CT molecular complexity index is 1510. The molecule has 4 aromatic rings. The van der Waals surface area contributed by atoms with Crippen molar-refractivity contribution in [3.05, 3.63) is 59.4 Å². The maximum atomic E-state index is 11.4. The Labute approximate surface area is 223 Å². The molecule has 6 rings (SSSR count). The molecule has 0 atom stereocenters. The van der Waals surface area contributed by atoms with Crippen molar-refractivity contribution in [3.63, 3.8) is 0 Å². The summed E-state index contributed by atoms with van der Waals surface area (Å²) in [6.45, 7) is 3.76. The second kappa shape index (κ2) is 10.8. The van der Waals surface area contributed by atoms with Gasteiger partial charge in [0.05, 0.1) is 30.6 Å². The van der Waals surface area contributed by atoms with E-state index in [9.17, 15) is 9.59 Å². The quantitative estimate of drug-likeness (QED) is 0.283. The highest BCUT2D eigenvalue weighted by Crippen LogP contribution is 2.24. The van der Waals surface area contributed by atoms with Crippen LogP contribution in [0, 0.1) is 13.8 Å². The smallest absolute Gasteiger partial charge is 0.341 e. The highest BCUT2D eigenvalue weighted by molar-refractivity contribution is 5.88. The fraction of sp³-hybridized carbons (Fsp3) is 0.360. The number of carboxylic acids is 1. The zero-order valence-electron chi connectivity index (χ0n) is 21.7. The van der Waals surface area contributed by atoms with Crippen molar-refractivity contribution < 1.29 is 19.4 Å². The molecule has 3 N–H and O–H groups in total. The van der Waals surface area contributed by atoms with Gasteiger partial charge >= 0.3 is 11.9 Å². The Hall–Kier alpha value is -4.88. The van der Waals surface area contributed by atoms with Crippen LogP contribution < -0.4 is 10.6 Å². The first-order chi connectivity index (χ1) is 18.8. The number of aromatic nitrogens is 8. The summed E-state index contributed by atoms with van der Waals surface area (Å²) >= 11 is 0. The van der Waals surface area contributed by atoms with Crippen LogP contribution >= 0.6 is 0 Å². The van der Waals surface area contributed by atoms with Gasteiger partial charge in [-0.1, -0.05) is 0 Å². The van der Waals surface area contributed by atoms with Crippen molar-refractivity contribution in [2.45, 2.75) is 51.6 Å². The van der Waals surface area contributed by atoms with E-state index < -0.39 is 11.9 Å². The molecule has 14 nitrogen and oxygen atoms in total. The third-order valence-corrected chi connectivity index (χ3v) is 5.98. The summed E-state index contributed by atoms with van der Waals surface area (Å²) in [7, 11) is 1.34. The number of hydrogen-bond donors (Lipinski definition) is 3. The zero-order valence-corrected chi connectivity index (χ0v) is 21.7. The lowest BCUT2D eigenvalue weighted by Crippen LogP contribution is -2.09. The molecule has 202 valence electrons. The van der Waals surface area contributed by atoms with Gasteiger partial charge in [0, 0.05) is 48.0 Å². The van der Waals surface area contributed by atoms with E-state index in [0.717, 1.165) is 36.8 Å². The molecule has 0 bridgehead atoms.